The van der Waals surface area contributed by atoms with Crippen LogP contribution in [-0.2, 0) is 4.79 Å². The normalized spacial score (nSPS) is 10.2. The SMILES string of the molecule is O=C(CNc1ccc(Br)cc1)Nc1ccccc1-c1ccccc1. The largest absolute Gasteiger partial charge is 0.376 e. The summed E-state index contributed by atoms with van der Waals surface area (Å²) < 4.78 is 1.01. The Balaban J connectivity index is 1.67. The summed E-state index contributed by atoms with van der Waals surface area (Å²) in [6.45, 7) is 0.213. The van der Waals surface area contributed by atoms with Gasteiger partial charge in [-0.1, -0.05) is 64.5 Å². The maximum atomic E-state index is 12.3. The lowest BCUT2D eigenvalue weighted by molar-refractivity contribution is -0.114. The number of benzene rings is 3. The van der Waals surface area contributed by atoms with E-state index in [1.165, 1.54) is 0 Å². The van der Waals surface area contributed by atoms with Crippen molar-refractivity contribution in [3.05, 3.63) is 83.3 Å². The number of hydrogen-bond donors (Lipinski definition) is 2. The number of para-hydroxylation sites is 1. The first-order chi connectivity index (χ1) is 11.7. The van der Waals surface area contributed by atoms with Gasteiger partial charge in [-0.25, -0.2) is 0 Å². The molecule has 0 aromatic heterocycles. The highest BCUT2D eigenvalue weighted by Gasteiger charge is 2.08. The lowest BCUT2D eigenvalue weighted by Gasteiger charge is -2.12. The average Bonchev–Trinajstić information content (AvgIpc) is 2.62. The number of rotatable bonds is 5. The Morgan fingerprint density at radius 2 is 1.50 bits per heavy atom. The molecule has 24 heavy (non-hydrogen) atoms. The van der Waals surface area contributed by atoms with Crippen molar-refractivity contribution in [3.63, 3.8) is 0 Å². The fraction of sp³-hybridized carbons (Fsp3) is 0.0500. The van der Waals surface area contributed by atoms with Gasteiger partial charge in [-0.2, -0.15) is 0 Å². The Hall–Kier alpha value is -2.59. The van der Waals surface area contributed by atoms with Crippen LogP contribution in [0.1, 0.15) is 0 Å². The van der Waals surface area contributed by atoms with Crippen molar-refractivity contribution >= 4 is 33.2 Å². The number of amides is 1. The third-order valence-electron chi connectivity index (χ3n) is 3.58. The molecule has 0 aliphatic carbocycles. The van der Waals surface area contributed by atoms with Crippen molar-refractivity contribution < 1.29 is 4.79 Å². The first-order valence-electron chi connectivity index (χ1n) is 7.66. The van der Waals surface area contributed by atoms with Crippen LogP contribution in [-0.4, -0.2) is 12.5 Å². The monoisotopic (exact) mass is 380 g/mol. The lowest BCUT2D eigenvalue weighted by atomic mass is 10.0. The fourth-order valence-corrected chi connectivity index (χ4v) is 2.67. The maximum absolute atomic E-state index is 12.3. The van der Waals surface area contributed by atoms with E-state index in [9.17, 15) is 4.79 Å². The van der Waals surface area contributed by atoms with Gasteiger partial charge in [-0.15, -0.1) is 0 Å². The smallest absolute Gasteiger partial charge is 0.243 e. The Kier molecular flexibility index (Phi) is 5.29. The molecule has 0 aliphatic rings. The zero-order valence-electron chi connectivity index (χ0n) is 13.0. The van der Waals surface area contributed by atoms with Crippen LogP contribution in [0.4, 0.5) is 11.4 Å². The third kappa shape index (κ3) is 4.24. The highest BCUT2D eigenvalue weighted by atomic mass is 79.9. The zero-order valence-corrected chi connectivity index (χ0v) is 14.6. The van der Waals surface area contributed by atoms with Gasteiger partial charge in [0.25, 0.3) is 0 Å². The van der Waals surface area contributed by atoms with Crippen LogP contribution in [0.25, 0.3) is 11.1 Å². The first-order valence-corrected chi connectivity index (χ1v) is 8.45. The van der Waals surface area contributed by atoms with Gasteiger partial charge < -0.3 is 10.6 Å². The van der Waals surface area contributed by atoms with Crippen molar-refractivity contribution in [1.82, 2.24) is 0 Å². The number of hydrogen-bond acceptors (Lipinski definition) is 2. The zero-order chi connectivity index (χ0) is 16.8. The van der Waals surface area contributed by atoms with Crippen LogP contribution in [0, 0.1) is 0 Å². The van der Waals surface area contributed by atoms with Crippen molar-refractivity contribution in [1.29, 1.82) is 0 Å². The summed E-state index contributed by atoms with van der Waals surface area (Å²) in [5.74, 6) is -0.0821. The molecule has 0 bridgehead atoms. The average molecular weight is 381 g/mol. The number of carbonyl (C=O) groups is 1. The summed E-state index contributed by atoms with van der Waals surface area (Å²) in [6, 6.07) is 25.6. The third-order valence-corrected chi connectivity index (χ3v) is 4.11. The molecule has 120 valence electrons. The van der Waals surface area contributed by atoms with E-state index in [1.54, 1.807) is 0 Å². The second-order valence-corrected chi connectivity index (χ2v) is 6.24. The van der Waals surface area contributed by atoms with Crippen molar-refractivity contribution in [2.24, 2.45) is 0 Å². The Morgan fingerprint density at radius 3 is 2.25 bits per heavy atom. The molecule has 0 unspecified atom stereocenters. The standard InChI is InChI=1S/C20H17BrN2O/c21-16-10-12-17(13-11-16)22-14-20(24)23-19-9-5-4-8-18(19)15-6-2-1-3-7-15/h1-13,22H,14H2,(H,23,24). The molecule has 1 amide bonds. The molecule has 0 saturated heterocycles. The Labute approximate surface area is 149 Å². The van der Waals surface area contributed by atoms with Gasteiger partial charge in [0.15, 0.2) is 0 Å². The first kappa shape index (κ1) is 16.3. The summed E-state index contributed by atoms with van der Waals surface area (Å²) in [5.41, 5.74) is 3.81. The van der Waals surface area contributed by atoms with Gasteiger partial charge in [-0.3, -0.25) is 4.79 Å². The van der Waals surface area contributed by atoms with E-state index in [4.69, 9.17) is 0 Å². The van der Waals surface area contributed by atoms with Crippen LogP contribution in [0.2, 0.25) is 0 Å². The lowest BCUT2D eigenvalue weighted by Crippen LogP contribution is -2.22. The number of halogens is 1. The van der Waals surface area contributed by atoms with E-state index in [2.05, 4.69) is 26.6 Å². The van der Waals surface area contributed by atoms with E-state index in [1.807, 2.05) is 78.9 Å². The van der Waals surface area contributed by atoms with Crippen LogP contribution >= 0.6 is 15.9 Å². The topological polar surface area (TPSA) is 41.1 Å². The molecule has 3 aromatic rings. The molecule has 0 aliphatic heterocycles. The summed E-state index contributed by atoms with van der Waals surface area (Å²) in [4.78, 5) is 12.3. The van der Waals surface area contributed by atoms with Crippen LogP contribution in [0.5, 0.6) is 0 Å². The highest BCUT2D eigenvalue weighted by Crippen LogP contribution is 2.27. The molecular weight excluding hydrogens is 364 g/mol. The van der Waals surface area contributed by atoms with Gasteiger partial charge in [0.1, 0.15) is 0 Å². The quantitative estimate of drug-likeness (QED) is 0.641. The van der Waals surface area contributed by atoms with Crippen molar-refractivity contribution in [3.8, 4) is 11.1 Å². The molecule has 0 saturated carbocycles. The fourth-order valence-electron chi connectivity index (χ4n) is 2.41. The predicted octanol–water partition coefficient (Wildman–Crippen LogP) is 5.17. The van der Waals surface area contributed by atoms with Gasteiger partial charge in [0.05, 0.1) is 6.54 Å². The molecule has 2 N–H and O–H groups in total. The van der Waals surface area contributed by atoms with Crippen LogP contribution in [0.3, 0.4) is 0 Å². The Bertz CT molecular complexity index is 817. The summed E-state index contributed by atoms with van der Waals surface area (Å²) >= 11 is 3.39. The molecule has 3 rings (SSSR count). The summed E-state index contributed by atoms with van der Waals surface area (Å²) in [7, 11) is 0. The molecule has 0 atom stereocenters. The number of carbonyl (C=O) groups excluding carboxylic acids is 1. The molecule has 0 spiro atoms. The van der Waals surface area contributed by atoms with E-state index < -0.39 is 0 Å². The molecule has 4 heteroatoms. The minimum Gasteiger partial charge on any atom is -0.376 e. The van der Waals surface area contributed by atoms with Crippen molar-refractivity contribution in [2.45, 2.75) is 0 Å². The molecule has 3 nitrogen and oxygen atoms in total. The summed E-state index contributed by atoms with van der Waals surface area (Å²) in [5, 5.41) is 6.10. The molecule has 0 heterocycles. The van der Waals surface area contributed by atoms with E-state index >= 15 is 0 Å². The van der Waals surface area contributed by atoms with Crippen LogP contribution in [0.15, 0.2) is 83.3 Å². The van der Waals surface area contributed by atoms with Gasteiger partial charge >= 0.3 is 0 Å². The minimum absolute atomic E-state index is 0.0821. The van der Waals surface area contributed by atoms with E-state index in [0.29, 0.717) is 0 Å². The molecule has 0 fully saturated rings. The summed E-state index contributed by atoms with van der Waals surface area (Å²) in [6.07, 6.45) is 0. The van der Waals surface area contributed by atoms with E-state index in [0.717, 1.165) is 27.0 Å². The molecule has 3 aromatic carbocycles. The molecular formula is C20H17BrN2O. The van der Waals surface area contributed by atoms with E-state index in [-0.39, 0.29) is 12.5 Å². The molecule has 0 radical (unpaired) electrons. The van der Waals surface area contributed by atoms with Crippen molar-refractivity contribution in [2.75, 3.05) is 17.2 Å². The second kappa shape index (κ2) is 7.79. The van der Waals surface area contributed by atoms with Gasteiger partial charge in [-0.05, 0) is 35.9 Å². The van der Waals surface area contributed by atoms with Gasteiger partial charge in [0, 0.05) is 21.4 Å². The second-order valence-electron chi connectivity index (χ2n) is 5.32. The minimum atomic E-state index is -0.0821. The number of anilines is 2. The van der Waals surface area contributed by atoms with Gasteiger partial charge in [0.2, 0.25) is 5.91 Å². The Morgan fingerprint density at radius 1 is 0.833 bits per heavy atom. The number of nitrogens with one attached hydrogen (secondary N) is 2. The highest BCUT2D eigenvalue weighted by molar-refractivity contribution is 9.10. The predicted molar refractivity (Wildman–Crippen MR) is 103 cm³/mol. The maximum Gasteiger partial charge on any atom is 0.243 e. The van der Waals surface area contributed by atoms with Crippen LogP contribution < -0.4 is 10.6 Å².